The average Bonchev–Trinajstić information content (AvgIpc) is 2.63. The van der Waals surface area contributed by atoms with Crippen LogP contribution in [0.1, 0.15) is 54.1 Å². The topological polar surface area (TPSA) is 61.5 Å². The van der Waals surface area contributed by atoms with Crippen molar-refractivity contribution in [3.05, 3.63) is 58.1 Å². The van der Waals surface area contributed by atoms with Crippen LogP contribution in [0.2, 0.25) is 0 Å². The van der Waals surface area contributed by atoms with E-state index in [1.807, 2.05) is 51.1 Å². The number of hydrogen-bond donors (Lipinski definition) is 1. The Kier molecular flexibility index (Phi) is 4.80. The Bertz CT molecular complexity index is 844. The number of fused-ring (bicyclic) bond motifs is 1. The Hall–Kier alpha value is -2.33. The molecule has 3 rings (SSSR count). The second kappa shape index (κ2) is 6.76. The Labute approximate surface area is 155 Å². The number of esters is 1. The highest BCUT2D eigenvalue weighted by molar-refractivity contribution is 5.72. The molecule has 2 aromatic carbocycles. The van der Waals surface area contributed by atoms with E-state index >= 15 is 0 Å². The van der Waals surface area contributed by atoms with Crippen LogP contribution in [0.3, 0.4) is 0 Å². The predicted octanol–water partition coefficient (Wildman–Crippen LogP) is 4.32. The fraction of sp³-hybridized carbons (Fsp3) is 0.409. The van der Waals surface area contributed by atoms with Crippen LogP contribution < -0.4 is 15.2 Å². The Balaban J connectivity index is 2.02. The maximum Gasteiger partial charge on any atom is 0.308 e. The van der Waals surface area contributed by atoms with Crippen molar-refractivity contribution < 1.29 is 14.3 Å². The first-order chi connectivity index (χ1) is 12.2. The molecule has 138 valence electrons. The third-order valence-electron chi connectivity index (χ3n) is 5.58. The van der Waals surface area contributed by atoms with E-state index in [2.05, 4.69) is 6.92 Å². The van der Waals surface area contributed by atoms with Gasteiger partial charge in [-0.3, -0.25) is 4.79 Å². The monoisotopic (exact) mass is 353 g/mol. The highest BCUT2D eigenvalue weighted by atomic mass is 16.5. The van der Waals surface area contributed by atoms with E-state index in [4.69, 9.17) is 15.2 Å². The molecule has 1 aliphatic rings. The SMILES string of the molecule is CC(=O)Oc1c(C)c(C)c2c(c1C)CCC(C)(C(N)c1ccccc1)O2. The summed E-state index contributed by atoms with van der Waals surface area (Å²) in [7, 11) is 0. The molecule has 4 nitrogen and oxygen atoms in total. The summed E-state index contributed by atoms with van der Waals surface area (Å²) in [5, 5.41) is 0. The molecule has 2 atom stereocenters. The van der Waals surface area contributed by atoms with Crippen molar-refractivity contribution in [2.75, 3.05) is 0 Å². The quantitative estimate of drug-likeness (QED) is 0.659. The first-order valence-electron chi connectivity index (χ1n) is 9.05. The molecule has 2 N–H and O–H groups in total. The first-order valence-corrected chi connectivity index (χ1v) is 9.05. The van der Waals surface area contributed by atoms with Gasteiger partial charge in [0, 0.05) is 12.5 Å². The second-order valence-corrected chi connectivity index (χ2v) is 7.41. The molecule has 0 aliphatic carbocycles. The van der Waals surface area contributed by atoms with Crippen molar-refractivity contribution in [3.63, 3.8) is 0 Å². The summed E-state index contributed by atoms with van der Waals surface area (Å²) in [6.45, 7) is 9.48. The number of benzene rings is 2. The van der Waals surface area contributed by atoms with Crippen LogP contribution in [-0.2, 0) is 11.2 Å². The summed E-state index contributed by atoms with van der Waals surface area (Å²) in [5.41, 5.74) is 11.2. The van der Waals surface area contributed by atoms with Crippen LogP contribution in [0.25, 0.3) is 0 Å². The molecule has 0 amide bonds. The van der Waals surface area contributed by atoms with Crippen LogP contribution in [0, 0.1) is 20.8 Å². The molecule has 0 radical (unpaired) electrons. The van der Waals surface area contributed by atoms with E-state index in [1.165, 1.54) is 6.92 Å². The van der Waals surface area contributed by atoms with Gasteiger partial charge in [0.1, 0.15) is 17.1 Å². The molecule has 0 bridgehead atoms. The lowest BCUT2D eigenvalue weighted by Crippen LogP contribution is -2.46. The Morgan fingerprint density at radius 2 is 1.81 bits per heavy atom. The molecular formula is C22H27NO3. The van der Waals surface area contributed by atoms with Gasteiger partial charge < -0.3 is 15.2 Å². The fourth-order valence-electron chi connectivity index (χ4n) is 3.78. The summed E-state index contributed by atoms with van der Waals surface area (Å²) >= 11 is 0. The molecule has 0 aromatic heterocycles. The minimum Gasteiger partial charge on any atom is -0.485 e. The lowest BCUT2D eigenvalue weighted by atomic mass is 9.81. The predicted molar refractivity (Wildman–Crippen MR) is 103 cm³/mol. The Morgan fingerprint density at radius 1 is 1.15 bits per heavy atom. The van der Waals surface area contributed by atoms with Crippen molar-refractivity contribution in [2.24, 2.45) is 5.73 Å². The molecule has 0 fully saturated rings. The van der Waals surface area contributed by atoms with E-state index in [9.17, 15) is 4.79 Å². The van der Waals surface area contributed by atoms with Crippen LogP contribution in [-0.4, -0.2) is 11.6 Å². The molecule has 1 heterocycles. The number of rotatable bonds is 3. The van der Waals surface area contributed by atoms with Gasteiger partial charge in [-0.25, -0.2) is 0 Å². The van der Waals surface area contributed by atoms with Gasteiger partial charge in [-0.2, -0.15) is 0 Å². The third kappa shape index (κ3) is 3.10. The molecule has 0 spiro atoms. The van der Waals surface area contributed by atoms with Gasteiger partial charge in [0.25, 0.3) is 0 Å². The minimum atomic E-state index is -0.485. The van der Waals surface area contributed by atoms with Crippen LogP contribution >= 0.6 is 0 Å². The summed E-state index contributed by atoms with van der Waals surface area (Å²) in [6.07, 6.45) is 1.65. The lowest BCUT2D eigenvalue weighted by molar-refractivity contribution is -0.132. The molecule has 2 unspecified atom stereocenters. The van der Waals surface area contributed by atoms with Gasteiger partial charge in [0.05, 0.1) is 6.04 Å². The van der Waals surface area contributed by atoms with E-state index in [0.29, 0.717) is 5.75 Å². The second-order valence-electron chi connectivity index (χ2n) is 7.41. The number of nitrogens with two attached hydrogens (primary N) is 1. The number of carbonyl (C=O) groups excluding carboxylic acids is 1. The maximum atomic E-state index is 11.5. The minimum absolute atomic E-state index is 0.218. The van der Waals surface area contributed by atoms with Crippen LogP contribution in [0.15, 0.2) is 30.3 Å². The van der Waals surface area contributed by atoms with E-state index < -0.39 is 5.60 Å². The molecule has 26 heavy (non-hydrogen) atoms. The summed E-state index contributed by atoms with van der Waals surface area (Å²) in [6, 6.07) is 9.86. The van der Waals surface area contributed by atoms with Gasteiger partial charge in [0.15, 0.2) is 0 Å². The van der Waals surface area contributed by atoms with Crippen molar-refractivity contribution in [2.45, 2.75) is 59.1 Å². The number of ether oxygens (including phenoxy) is 2. The molecular weight excluding hydrogens is 326 g/mol. The van der Waals surface area contributed by atoms with E-state index in [1.54, 1.807) is 0 Å². The average molecular weight is 353 g/mol. The zero-order valence-corrected chi connectivity index (χ0v) is 16.2. The number of hydrogen-bond acceptors (Lipinski definition) is 4. The van der Waals surface area contributed by atoms with Crippen molar-refractivity contribution in [1.29, 1.82) is 0 Å². The highest BCUT2D eigenvalue weighted by Crippen LogP contribution is 2.46. The van der Waals surface area contributed by atoms with Crippen LogP contribution in [0.4, 0.5) is 0 Å². The van der Waals surface area contributed by atoms with Gasteiger partial charge in [0.2, 0.25) is 0 Å². The molecule has 0 saturated heterocycles. The highest BCUT2D eigenvalue weighted by Gasteiger charge is 2.40. The zero-order valence-electron chi connectivity index (χ0n) is 16.2. The zero-order chi connectivity index (χ0) is 19.1. The van der Waals surface area contributed by atoms with Crippen molar-refractivity contribution in [1.82, 2.24) is 0 Å². The van der Waals surface area contributed by atoms with E-state index in [-0.39, 0.29) is 12.0 Å². The maximum absolute atomic E-state index is 11.5. The lowest BCUT2D eigenvalue weighted by Gasteiger charge is -2.41. The van der Waals surface area contributed by atoms with Gasteiger partial charge >= 0.3 is 5.97 Å². The fourth-order valence-corrected chi connectivity index (χ4v) is 3.78. The molecule has 1 aliphatic heterocycles. The van der Waals surface area contributed by atoms with Crippen molar-refractivity contribution in [3.8, 4) is 11.5 Å². The molecule has 0 saturated carbocycles. The smallest absolute Gasteiger partial charge is 0.308 e. The van der Waals surface area contributed by atoms with Crippen molar-refractivity contribution >= 4 is 5.97 Å². The molecule has 2 aromatic rings. The summed E-state index contributed by atoms with van der Waals surface area (Å²) < 4.78 is 12.0. The normalized spacial score (nSPS) is 20.1. The number of carbonyl (C=O) groups is 1. The third-order valence-corrected chi connectivity index (χ3v) is 5.58. The van der Waals surface area contributed by atoms with Gasteiger partial charge in [-0.15, -0.1) is 0 Å². The summed E-state index contributed by atoms with van der Waals surface area (Å²) in [5.74, 6) is 1.24. The van der Waals surface area contributed by atoms with E-state index in [0.717, 1.165) is 46.4 Å². The van der Waals surface area contributed by atoms with Gasteiger partial charge in [-0.05, 0) is 62.8 Å². The molecule has 4 heteroatoms. The first kappa shape index (κ1) is 18.5. The summed E-state index contributed by atoms with van der Waals surface area (Å²) in [4.78, 5) is 11.5. The van der Waals surface area contributed by atoms with Gasteiger partial charge in [-0.1, -0.05) is 30.3 Å². The largest absolute Gasteiger partial charge is 0.485 e. The van der Waals surface area contributed by atoms with Crippen LogP contribution in [0.5, 0.6) is 11.5 Å². The Morgan fingerprint density at radius 3 is 2.42 bits per heavy atom. The standard InChI is InChI=1S/C22H27NO3/c1-13-14(2)20-18(15(3)19(13)25-16(4)24)11-12-22(5,26-20)21(23)17-9-7-6-8-10-17/h6-10,21H,11-12,23H2,1-5H3.